The fourth-order valence-electron chi connectivity index (χ4n) is 1.66. The van der Waals surface area contributed by atoms with Gasteiger partial charge in [0.2, 0.25) is 0 Å². The number of hydrogen-bond acceptors (Lipinski definition) is 3. The lowest BCUT2D eigenvalue weighted by Crippen LogP contribution is -2.10. The highest BCUT2D eigenvalue weighted by molar-refractivity contribution is 6.31. The maximum Gasteiger partial charge on any atom is 0.309 e. The van der Waals surface area contributed by atoms with Crippen molar-refractivity contribution in [1.82, 2.24) is 0 Å². The second kappa shape index (κ2) is 7.64. The third kappa shape index (κ3) is 4.76. The molecule has 0 fully saturated rings. The number of para-hydroxylation sites is 1. The number of ether oxygens (including phenoxy) is 2. The molecule has 0 aliphatic heterocycles. The average Bonchev–Trinajstić information content (AvgIpc) is 2.48. The lowest BCUT2D eigenvalue weighted by molar-refractivity contribution is -0.145. The zero-order chi connectivity index (χ0) is 15.1. The summed E-state index contributed by atoms with van der Waals surface area (Å²) >= 11 is 5.84. The van der Waals surface area contributed by atoms with Crippen molar-refractivity contribution in [3.8, 4) is 5.75 Å². The molecule has 0 N–H and O–H groups in total. The first-order valence-corrected chi connectivity index (χ1v) is 6.81. The van der Waals surface area contributed by atoms with Crippen LogP contribution in [0.5, 0.6) is 5.75 Å². The molecule has 0 unspecified atom stereocenters. The zero-order valence-electron chi connectivity index (χ0n) is 11.2. The zero-order valence-corrected chi connectivity index (χ0v) is 12.0. The molecule has 0 spiro atoms. The maximum atomic E-state index is 13.5. The Kier molecular flexibility index (Phi) is 5.58. The van der Waals surface area contributed by atoms with Crippen LogP contribution in [0.2, 0.25) is 5.02 Å². The van der Waals surface area contributed by atoms with Crippen molar-refractivity contribution in [2.45, 2.75) is 13.0 Å². The Bertz CT molecular complexity index is 581. The van der Waals surface area contributed by atoms with E-state index in [0.29, 0.717) is 5.75 Å². The van der Waals surface area contributed by atoms with E-state index in [-0.39, 0.29) is 30.2 Å². The highest BCUT2D eigenvalue weighted by Crippen LogP contribution is 2.19. The molecular weight excluding hydrogens is 295 g/mol. The first-order chi connectivity index (χ1) is 10.2. The summed E-state index contributed by atoms with van der Waals surface area (Å²) in [4.78, 5) is 11.6. The van der Waals surface area contributed by atoms with E-state index in [9.17, 15) is 9.18 Å². The molecule has 5 heteroatoms. The Labute approximate surface area is 127 Å². The minimum Gasteiger partial charge on any atom is -0.493 e. The third-order valence-electron chi connectivity index (χ3n) is 2.76. The summed E-state index contributed by atoms with van der Waals surface area (Å²) in [5.41, 5.74) is 0.177. The number of halogens is 2. The van der Waals surface area contributed by atoms with E-state index in [1.165, 1.54) is 12.1 Å². The van der Waals surface area contributed by atoms with Gasteiger partial charge >= 0.3 is 5.97 Å². The average molecular weight is 309 g/mol. The molecule has 0 radical (unpaired) electrons. The van der Waals surface area contributed by atoms with Crippen molar-refractivity contribution in [3.05, 3.63) is 64.9 Å². The van der Waals surface area contributed by atoms with Gasteiger partial charge in [0.15, 0.2) is 0 Å². The van der Waals surface area contributed by atoms with Crippen LogP contribution in [-0.4, -0.2) is 12.6 Å². The lowest BCUT2D eigenvalue weighted by Gasteiger charge is -2.08. The summed E-state index contributed by atoms with van der Waals surface area (Å²) in [6, 6.07) is 13.5. The van der Waals surface area contributed by atoms with Crippen LogP contribution in [0.25, 0.3) is 0 Å². The van der Waals surface area contributed by atoms with Crippen LogP contribution >= 0.6 is 11.6 Å². The van der Waals surface area contributed by atoms with E-state index in [1.807, 2.05) is 18.2 Å². The second-order valence-electron chi connectivity index (χ2n) is 4.27. The van der Waals surface area contributed by atoms with Crippen LogP contribution < -0.4 is 4.74 Å². The fraction of sp³-hybridized carbons (Fsp3) is 0.188. The van der Waals surface area contributed by atoms with Crippen LogP contribution in [-0.2, 0) is 16.1 Å². The van der Waals surface area contributed by atoms with Crippen molar-refractivity contribution < 1.29 is 18.7 Å². The van der Waals surface area contributed by atoms with Gasteiger partial charge in [-0.05, 0) is 24.3 Å². The maximum absolute atomic E-state index is 13.5. The number of carbonyl (C=O) groups is 1. The van der Waals surface area contributed by atoms with Gasteiger partial charge in [-0.25, -0.2) is 4.39 Å². The van der Waals surface area contributed by atoms with E-state index >= 15 is 0 Å². The summed E-state index contributed by atoms with van der Waals surface area (Å²) < 4.78 is 23.8. The molecule has 0 saturated carbocycles. The standard InChI is InChI=1S/C16H14ClFO3/c17-14-7-4-8-15(18)13(14)11-21-16(19)9-10-20-12-5-2-1-3-6-12/h1-8H,9-11H2. The second-order valence-corrected chi connectivity index (χ2v) is 4.68. The summed E-state index contributed by atoms with van der Waals surface area (Å²) in [5.74, 6) is -0.275. The largest absolute Gasteiger partial charge is 0.493 e. The number of rotatable bonds is 6. The minimum absolute atomic E-state index is 0.0843. The van der Waals surface area contributed by atoms with Crippen molar-refractivity contribution in [2.75, 3.05) is 6.61 Å². The van der Waals surface area contributed by atoms with Crippen LogP contribution in [0.15, 0.2) is 48.5 Å². The highest BCUT2D eigenvalue weighted by atomic mass is 35.5. The van der Waals surface area contributed by atoms with Gasteiger partial charge in [0.05, 0.1) is 18.1 Å². The van der Waals surface area contributed by atoms with Gasteiger partial charge in [0, 0.05) is 5.56 Å². The molecule has 0 amide bonds. The van der Waals surface area contributed by atoms with Gasteiger partial charge in [0.1, 0.15) is 18.2 Å². The third-order valence-corrected chi connectivity index (χ3v) is 3.11. The molecular formula is C16H14ClFO3. The van der Waals surface area contributed by atoms with Gasteiger partial charge in [-0.1, -0.05) is 35.9 Å². The molecule has 3 nitrogen and oxygen atoms in total. The van der Waals surface area contributed by atoms with Gasteiger partial charge in [-0.2, -0.15) is 0 Å². The summed E-state index contributed by atoms with van der Waals surface area (Å²) in [6.07, 6.45) is 0.0843. The minimum atomic E-state index is -0.490. The molecule has 0 heterocycles. The topological polar surface area (TPSA) is 35.5 Å². The predicted octanol–water partition coefficient (Wildman–Crippen LogP) is 3.99. The van der Waals surface area contributed by atoms with E-state index in [0.717, 1.165) is 0 Å². The highest BCUT2D eigenvalue weighted by Gasteiger charge is 2.10. The molecule has 0 aromatic heterocycles. The number of hydrogen-bond donors (Lipinski definition) is 0. The molecule has 110 valence electrons. The normalized spacial score (nSPS) is 10.2. The Morgan fingerprint density at radius 1 is 1.10 bits per heavy atom. The van der Waals surface area contributed by atoms with Crippen molar-refractivity contribution in [3.63, 3.8) is 0 Å². The molecule has 0 saturated heterocycles. The first kappa shape index (κ1) is 15.3. The quantitative estimate of drug-likeness (QED) is 0.757. The van der Waals surface area contributed by atoms with E-state index in [2.05, 4.69) is 0 Å². The molecule has 21 heavy (non-hydrogen) atoms. The van der Waals surface area contributed by atoms with Gasteiger partial charge in [-0.3, -0.25) is 4.79 Å². The van der Waals surface area contributed by atoms with Gasteiger partial charge in [-0.15, -0.1) is 0 Å². The van der Waals surface area contributed by atoms with Crippen molar-refractivity contribution >= 4 is 17.6 Å². The Balaban J connectivity index is 1.75. The lowest BCUT2D eigenvalue weighted by atomic mass is 10.2. The molecule has 2 aromatic rings. The Morgan fingerprint density at radius 3 is 2.57 bits per heavy atom. The Morgan fingerprint density at radius 2 is 1.86 bits per heavy atom. The van der Waals surface area contributed by atoms with Gasteiger partial charge < -0.3 is 9.47 Å². The van der Waals surface area contributed by atoms with E-state index in [4.69, 9.17) is 21.1 Å². The van der Waals surface area contributed by atoms with E-state index in [1.54, 1.807) is 18.2 Å². The van der Waals surface area contributed by atoms with E-state index < -0.39 is 11.8 Å². The first-order valence-electron chi connectivity index (χ1n) is 6.43. The summed E-state index contributed by atoms with van der Waals surface area (Å²) in [7, 11) is 0. The Hall–Kier alpha value is -2.07. The van der Waals surface area contributed by atoms with Crippen LogP contribution in [0.3, 0.4) is 0 Å². The molecule has 0 aliphatic carbocycles. The van der Waals surface area contributed by atoms with Crippen molar-refractivity contribution in [2.24, 2.45) is 0 Å². The van der Waals surface area contributed by atoms with Gasteiger partial charge in [0.25, 0.3) is 0 Å². The molecule has 0 bridgehead atoms. The predicted molar refractivity (Wildman–Crippen MR) is 77.8 cm³/mol. The van der Waals surface area contributed by atoms with Crippen LogP contribution in [0, 0.1) is 5.82 Å². The SMILES string of the molecule is O=C(CCOc1ccccc1)OCc1c(F)cccc1Cl. The fourth-order valence-corrected chi connectivity index (χ4v) is 1.88. The molecule has 0 aliphatic rings. The van der Waals surface area contributed by atoms with Crippen LogP contribution in [0.4, 0.5) is 4.39 Å². The smallest absolute Gasteiger partial charge is 0.309 e. The molecule has 0 atom stereocenters. The van der Waals surface area contributed by atoms with Crippen molar-refractivity contribution in [1.29, 1.82) is 0 Å². The van der Waals surface area contributed by atoms with Crippen LogP contribution in [0.1, 0.15) is 12.0 Å². The number of benzene rings is 2. The summed E-state index contributed by atoms with van der Waals surface area (Å²) in [5, 5.41) is 0.239. The number of esters is 1. The molecule has 2 aromatic carbocycles. The molecule has 2 rings (SSSR count). The monoisotopic (exact) mass is 308 g/mol. The number of carbonyl (C=O) groups excluding carboxylic acids is 1. The summed E-state index contributed by atoms with van der Waals surface area (Å²) in [6.45, 7) is 0.0174.